The van der Waals surface area contributed by atoms with Crippen molar-refractivity contribution in [3.63, 3.8) is 0 Å². The quantitative estimate of drug-likeness (QED) is 0.504. The van der Waals surface area contributed by atoms with Crippen LogP contribution in [0, 0.1) is 0 Å². The van der Waals surface area contributed by atoms with Crippen LogP contribution in [0.3, 0.4) is 0 Å². The molecule has 0 heterocycles. The second kappa shape index (κ2) is 11.0. The normalized spacial score (nSPS) is 11.4. The molecule has 0 aromatic carbocycles. The second-order valence-corrected chi connectivity index (χ2v) is 4.20. The third kappa shape index (κ3) is 10.1. The molecule has 0 fully saturated rings. The van der Waals surface area contributed by atoms with Gasteiger partial charge < -0.3 is 15.6 Å². The number of unbranched alkanes of at least 4 members (excludes halogenated alkanes) is 1. The van der Waals surface area contributed by atoms with Gasteiger partial charge in [-0.05, 0) is 18.6 Å². The fourth-order valence-electron chi connectivity index (χ4n) is 0.857. The summed E-state index contributed by atoms with van der Waals surface area (Å²) in [6.07, 6.45) is 2.05. The first kappa shape index (κ1) is 17.9. The van der Waals surface area contributed by atoms with Gasteiger partial charge in [0.15, 0.2) is 0 Å². The average molecular weight is 272 g/mol. The predicted octanol–water partition coefficient (Wildman–Crippen LogP) is 0.897. The van der Waals surface area contributed by atoms with Crippen molar-refractivity contribution in [3.05, 3.63) is 0 Å². The van der Waals surface area contributed by atoms with Crippen molar-refractivity contribution in [2.75, 3.05) is 18.6 Å². The Bertz CT molecular complexity index is 216. The molecule has 0 radical (unpaired) electrons. The monoisotopic (exact) mass is 271 g/mol. The van der Waals surface area contributed by atoms with Crippen LogP contribution in [0.1, 0.15) is 19.3 Å². The van der Waals surface area contributed by atoms with Gasteiger partial charge in [-0.3, -0.25) is 9.59 Å². The number of nitrogens with two attached hydrogens (primary N) is 1. The van der Waals surface area contributed by atoms with Gasteiger partial charge in [0.1, 0.15) is 6.04 Å². The van der Waals surface area contributed by atoms with Crippen molar-refractivity contribution >= 4 is 36.1 Å². The fourth-order valence-corrected chi connectivity index (χ4v) is 1.83. The van der Waals surface area contributed by atoms with Gasteiger partial charge in [0.25, 0.3) is 0 Å². The van der Waals surface area contributed by atoms with Crippen LogP contribution >= 0.6 is 24.2 Å². The Morgan fingerprint density at radius 2 is 2.06 bits per heavy atom. The zero-order chi connectivity index (χ0) is 11.7. The molecule has 3 N–H and O–H groups in total. The third-order valence-corrected chi connectivity index (χ3v) is 2.93. The highest BCUT2D eigenvalue weighted by atomic mass is 35.5. The molecule has 96 valence electrons. The minimum absolute atomic E-state index is 0. The van der Waals surface area contributed by atoms with E-state index in [-0.39, 0.29) is 18.4 Å². The first-order valence-corrected chi connectivity index (χ1v) is 5.86. The number of carbonyl (C=O) groups excluding carboxylic acids is 1. The molecule has 0 unspecified atom stereocenters. The van der Waals surface area contributed by atoms with Crippen LogP contribution in [0.4, 0.5) is 0 Å². The molecule has 0 aromatic heterocycles. The van der Waals surface area contributed by atoms with E-state index in [1.807, 2.05) is 0 Å². The van der Waals surface area contributed by atoms with E-state index in [0.29, 0.717) is 12.2 Å². The number of carboxylic acids is 1. The van der Waals surface area contributed by atoms with Gasteiger partial charge >= 0.3 is 11.9 Å². The predicted molar refractivity (Wildman–Crippen MR) is 66.1 cm³/mol. The maximum atomic E-state index is 10.7. The van der Waals surface area contributed by atoms with Gasteiger partial charge in [-0.2, -0.15) is 11.8 Å². The smallest absolute Gasteiger partial charge is 0.321 e. The first-order valence-electron chi connectivity index (χ1n) is 4.71. The van der Waals surface area contributed by atoms with E-state index in [9.17, 15) is 9.59 Å². The summed E-state index contributed by atoms with van der Waals surface area (Å²) in [5.41, 5.74) is 5.31. The summed E-state index contributed by atoms with van der Waals surface area (Å²) in [6, 6.07) is -0.796. The number of rotatable bonds is 8. The maximum absolute atomic E-state index is 10.7. The van der Waals surface area contributed by atoms with Crippen LogP contribution < -0.4 is 5.73 Å². The second-order valence-electron chi connectivity index (χ2n) is 3.05. The minimum atomic E-state index is -0.975. The molecule has 5 nitrogen and oxygen atoms in total. The summed E-state index contributed by atoms with van der Waals surface area (Å²) in [5, 5.41) is 8.49. The van der Waals surface area contributed by atoms with Crippen LogP contribution in [-0.4, -0.2) is 41.7 Å². The number of esters is 1. The summed E-state index contributed by atoms with van der Waals surface area (Å²) in [7, 11) is 1.36. The zero-order valence-corrected chi connectivity index (χ0v) is 10.8. The summed E-state index contributed by atoms with van der Waals surface area (Å²) in [5.74, 6) is 0.0465. The summed E-state index contributed by atoms with van der Waals surface area (Å²) < 4.78 is 4.48. The lowest BCUT2D eigenvalue weighted by Gasteiger charge is -2.05. The fraction of sp³-hybridized carbons (Fsp3) is 0.778. The molecule has 0 aliphatic heterocycles. The van der Waals surface area contributed by atoms with Crippen molar-refractivity contribution in [3.8, 4) is 0 Å². The molecule has 16 heavy (non-hydrogen) atoms. The Balaban J connectivity index is 0. The maximum Gasteiger partial charge on any atom is 0.321 e. The Morgan fingerprint density at radius 1 is 1.44 bits per heavy atom. The van der Waals surface area contributed by atoms with E-state index < -0.39 is 12.0 Å². The van der Waals surface area contributed by atoms with Crippen molar-refractivity contribution in [2.45, 2.75) is 25.3 Å². The van der Waals surface area contributed by atoms with Crippen molar-refractivity contribution < 1.29 is 19.4 Å². The van der Waals surface area contributed by atoms with Gasteiger partial charge in [-0.1, -0.05) is 0 Å². The third-order valence-electron chi connectivity index (χ3n) is 1.76. The van der Waals surface area contributed by atoms with Gasteiger partial charge in [0.05, 0.1) is 7.11 Å². The Labute approximate surface area is 106 Å². The number of ether oxygens (including phenoxy) is 1. The summed E-state index contributed by atoms with van der Waals surface area (Å²) in [6.45, 7) is 0. The van der Waals surface area contributed by atoms with E-state index in [4.69, 9.17) is 10.8 Å². The molecule has 0 saturated carbocycles. The molecule has 0 spiro atoms. The van der Waals surface area contributed by atoms with Crippen molar-refractivity contribution in [1.29, 1.82) is 0 Å². The van der Waals surface area contributed by atoms with Crippen LogP contribution in [-0.2, 0) is 14.3 Å². The number of halogens is 1. The highest BCUT2D eigenvalue weighted by molar-refractivity contribution is 7.99. The van der Waals surface area contributed by atoms with E-state index in [0.717, 1.165) is 18.6 Å². The minimum Gasteiger partial charge on any atom is -0.480 e. The lowest BCUT2D eigenvalue weighted by molar-refractivity contribution is -0.140. The number of methoxy groups -OCH3 is 1. The molecule has 0 aromatic rings. The number of carboxylic acid groups (broad SMARTS) is 1. The van der Waals surface area contributed by atoms with Gasteiger partial charge in [-0.25, -0.2) is 0 Å². The van der Waals surface area contributed by atoms with Crippen LogP contribution in [0.2, 0.25) is 0 Å². The number of thioether (sulfide) groups is 1. The summed E-state index contributed by atoms with van der Waals surface area (Å²) in [4.78, 5) is 21.1. The lowest BCUT2D eigenvalue weighted by Crippen LogP contribution is -2.32. The summed E-state index contributed by atoms with van der Waals surface area (Å²) >= 11 is 1.49. The molecule has 0 amide bonds. The Kier molecular flexibility index (Phi) is 12.4. The molecule has 0 aliphatic rings. The number of hydrogen-bond acceptors (Lipinski definition) is 5. The van der Waals surface area contributed by atoms with Gasteiger partial charge in [0, 0.05) is 12.2 Å². The molecule has 0 rings (SSSR count). The lowest BCUT2D eigenvalue weighted by atomic mass is 10.2. The van der Waals surface area contributed by atoms with E-state index in [1.165, 1.54) is 18.9 Å². The van der Waals surface area contributed by atoms with Crippen LogP contribution in [0.5, 0.6) is 0 Å². The number of aliphatic carboxylic acids is 1. The Morgan fingerprint density at radius 3 is 2.56 bits per heavy atom. The molecular weight excluding hydrogens is 254 g/mol. The largest absolute Gasteiger partial charge is 0.480 e. The van der Waals surface area contributed by atoms with Crippen molar-refractivity contribution in [1.82, 2.24) is 0 Å². The topological polar surface area (TPSA) is 89.6 Å². The Hall–Kier alpha value is -0.460. The molecule has 1 atom stereocenters. The van der Waals surface area contributed by atoms with Crippen LogP contribution in [0.25, 0.3) is 0 Å². The molecule has 0 saturated heterocycles. The van der Waals surface area contributed by atoms with E-state index in [2.05, 4.69) is 4.74 Å². The first-order chi connectivity index (χ1) is 7.07. The number of hydrogen-bond donors (Lipinski definition) is 2. The van der Waals surface area contributed by atoms with Gasteiger partial charge in [-0.15, -0.1) is 12.4 Å². The van der Waals surface area contributed by atoms with Crippen LogP contribution in [0.15, 0.2) is 0 Å². The van der Waals surface area contributed by atoms with E-state index >= 15 is 0 Å². The SMILES string of the molecule is COC(=O)CCCCSC[C@H](N)C(=O)O.Cl. The zero-order valence-electron chi connectivity index (χ0n) is 9.18. The number of carbonyl (C=O) groups is 2. The molecular formula is C9H18ClNO4S. The van der Waals surface area contributed by atoms with E-state index in [1.54, 1.807) is 0 Å². The van der Waals surface area contributed by atoms with Gasteiger partial charge in [0.2, 0.25) is 0 Å². The molecule has 0 bridgehead atoms. The average Bonchev–Trinajstić information content (AvgIpc) is 2.22. The van der Waals surface area contributed by atoms with Crippen molar-refractivity contribution in [2.24, 2.45) is 5.73 Å². The molecule has 0 aliphatic carbocycles. The highest BCUT2D eigenvalue weighted by Crippen LogP contribution is 2.07. The molecule has 7 heteroatoms. The highest BCUT2D eigenvalue weighted by Gasteiger charge is 2.10. The standard InChI is InChI=1S/C9H17NO4S.ClH/c1-14-8(11)4-2-3-5-15-6-7(10)9(12)13;/h7H,2-6,10H2,1H3,(H,12,13);1H/t7-;/m0./s1.